The predicted molar refractivity (Wildman–Crippen MR) is 54.5 cm³/mol. The van der Waals surface area contributed by atoms with Crippen molar-refractivity contribution in [2.24, 2.45) is 5.73 Å². The summed E-state index contributed by atoms with van der Waals surface area (Å²) >= 11 is 0. The van der Waals surface area contributed by atoms with Gasteiger partial charge in [-0.25, -0.2) is 0 Å². The van der Waals surface area contributed by atoms with Crippen LogP contribution in [-0.2, 0) is 17.9 Å². The highest BCUT2D eigenvalue weighted by atomic mass is 16.1. The molecule has 0 radical (unpaired) electrons. The third-order valence-corrected chi connectivity index (χ3v) is 1.80. The first-order valence-electron chi connectivity index (χ1n) is 4.56. The molecule has 4 nitrogen and oxygen atoms in total. The first-order valence-corrected chi connectivity index (χ1v) is 4.56. The lowest BCUT2D eigenvalue weighted by molar-refractivity contribution is -0.116. The van der Waals surface area contributed by atoms with E-state index in [0.29, 0.717) is 19.6 Å². The van der Waals surface area contributed by atoms with Crippen LogP contribution in [0.2, 0.25) is 0 Å². The van der Waals surface area contributed by atoms with Gasteiger partial charge >= 0.3 is 0 Å². The molecule has 1 aromatic heterocycles. The van der Waals surface area contributed by atoms with E-state index in [1.807, 2.05) is 12.1 Å². The summed E-state index contributed by atoms with van der Waals surface area (Å²) in [7, 11) is 0. The van der Waals surface area contributed by atoms with Gasteiger partial charge in [0, 0.05) is 19.3 Å². The summed E-state index contributed by atoms with van der Waals surface area (Å²) in [5.41, 5.74) is 7.46. The van der Waals surface area contributed by atoms with Gasteiger partial charge in [-0.05, 0) is 24.6 Å². The Morgan fingerprint density at radius 3 is 3.07 bits per heavy atom. The first kappa shape index (κ1) is 10.8. The number of aromatic nitrogens is 1. The Balaban J connectivity index is 2.46. The minimum Gasteiger partial charge on any atom is -0.326 e. The molecule has 0 saturated heterocycles. The van der Waals surface area contributed by atoms with Gasteiger partial charge in [-0.3, -0.25) is 9.78 Å². The van der Waals surface area contributed by atoms with Crippen LogP contribution in [0.3, 0.4) is 0 Å². The molecule has 0 fully saturated rings. The van der Waals surface area contributed by atoms with E-state index < -0.39 is 0 Å². The molecular weight excluding hydrogens is 178 g/mol. The number of rotatable bonds is 5. The quantitative estimate of drug-likeness (QED) is 0.702. The van der Waals surface area contributed by atoms with Gasteiger partial charge < -0.3 is 11.1 Å². The molecule has 3 N–H and O–H groups in total. The van der Waals surface area contributed by atoms with Crippen molar-refractivity contribution in [3.8, 4) is 0 Å². The van der Waals surface area contributed by atoms with E-state index in [1.165, 1.54) is 0 Å². The molecule has 0 unspecified atom stereocenters. The Hall–Kier alpha value is -1.26. The lowest BCUT2D eigenvalue weighted by Crippen LogP contribution is -2.21. The normalized spacial score (nSPS) is 10.1. The standard InChI is InChI=1S/C10H15N3O/c1-8(14)6-12-7-10-4-9(5-11)2-3-13-10/h2-4,12H,5-7,11H2,1H3. The van der Waals surface area contributed by atoms with Gasteiger partial charge in [0.1, 0.15) is 5.78 Å². The minimum atomic E-state index is 0.125. The first-order chi connectivity index (χ1) is 6.72. The van der Waals surface area contributed by atoms with E-state index in [0.717, 1.165) is 11.3 Å². The van der Waals surface area contributed by atoms with E-state index in [4.69, 9.17) is 5.73 Å². The van der Waals surface area contributed by atoms with Crippen molar-refractivity contribution in [3.63, 3.8) is 0 Å². The van der Waals surface area contributed by atoms with Crippen molar-refractivity contribution in [1.82, 2.24) is 10.3 Å². The van der Waals surface area contributed by atoms with Crippen LogP contribution in [0.15, 0.2) is 18.3 Å². The Kier molecular flexibility index (Phi) is 4.22. The van der Waals surface area contributed by atoms with Crippen LogP contribution in [-0.4, -0.2) is 17.3 Å². The number of carbonyl (C=O) groups excluding carboxylic acids is 1. The molecule has 0 saturated carbocycles. The summed E-state index contributed by atoms with van der Waals surface area (Å²) in [5, 5.41) is 3.00. The van der Waals surface area contributed by atoms with Crippen molar-refractivity contribution in [2.45, 2.75) is 20.0 Å². The number of hydrogen-bond acceptors (Lipinski definition) is 4. The van der Waals surface area contributed by atoms with Crippen molar-refractivity contribution in [1.29, 1.82) is 0 Å². The third kappa shape index (κ3) is 3.64. The monoisotopic (exact) mass is 193 g/mol. The van der Waals surface area contributed by atoms with Crippen LogP contribution >= 0.6 is 0 Å². The smallest absolute Gasteiger partial charge is 0.143 e. The number of hydrogen-bond donors (Lipinski definition) is 2. The Bertz CT molecular complexity index is 312. The minimum absolute atomic E-state index is 0.125. The molecule has 0 bridgehead atoms. The highest BCUT2D eigenvalue weighted by Gasteiger charge is 1.97. The summed E-state index contributed by atoms with van der Waals surface area (Å²) in [6.07, 6.45) is 1.73. The fraction of sp³-hybridized carbons (Fsp3) is 0.400. The second-order valence-corrected chi connectivity index (χ2v) is 3.17. The lowest BCUT2D eigenvalue weighted by Gasteiger charge is -2.03. The van der Waals surface area contributed by atoms with Crippen LogP contribution < -0.4 is 11.1 Å². The number of ketones is 1. The molecule has 0 spiro atoms. The van der Waals surface area contributed by atoms with E-state index in [-0.39, 0.29) is 5.78 Å². The highest BCUT2D eigenvalue weighted by molar-refractivity contribution is 5.77. The zero-order valence-corrected chi connectivity index (χ0v) is 8.29. The molecule has 0 amide bonds. The van der Waals surface area contributed by atoms with E-state index in [2.05, 4.69) is 10.3 Å². The highest BCUT2D eigenvalue weighted by Crippen LogP contribution is 1.99. The zero-order valence-electron chi connectivity index (χ0n) is 8.29. The van der Waals surface area contributed by atoms with Crippen molar-refractivity contribution in [2.75, 3.05) is 6.54 Å². The molecule has 0 aliphatic rings. The SMILES string of the molecule is CC(=O)CNCc1cc(CN)ccn1. The van der Waals surface area contributed by atoms with E-state index in [1.54, 1.807) is 13.1 Å². The van der Waals surface area contributed by atoms with Gasteiger partial charge in [0.2, 0.25) is 0 Å². The number of carbonyl (C=O) groups is 1. The maximum Gasteiger partial charge on any atom is 0.143 e. The van der Waals surface area contributed by atoms with Gasteiger partial charge in [0.15, 0.2) is 0 Å². The van der Waals surface area contributed by atoms with Crippen LogP contribution in [0, 0.1) is 0 Å². The maximum absolute atomic E-state index is 10.7. The molecular formula is C10H15N3O. The molecule has 14 heavy (non-hydrogen) atoms. The molecule has 76 valence electrons. The van der Waals surface area contributed by atoms with Crippen LogP contribution in [0.4, 0.5) is 0 Å². The average molecular weight is 193 g/mol. The van der Waals surface area contributed by atoms with Crippen molar-refractivity contribution in [3.05, 3.63) is 29.6 Å². The van der Waals surface area contributed by atoms with Gasteiger partial charge in [0.05, 0.1) is 12.2 Å². The van der Waals surface area contributed by atoms with Crippen LogP contribution in [0.25, 0.3) is 0 Å². The van der Waals surface area contributed by atoms with Gasteiger partial charge in [-0.2, -0.15) is 0 Å². The maximum atomic E-state index is 10.7. The van der Waals surface area contributed by atoms with E-state index >= 15 is 0 Å². The van der Waals surface area contributed by atoms with Gasteiger partial charge in [-0.1, -0.05) is 0 Å². The van der Waals surface area contributed by atoms with Crippen molar-refractivity contribution < 1.29 is 4.79 Å². The second kappa shape index (κ2) is 5.47. The van der Waals surface area contributed by atoms with Crippen LogP contribution in [0.1, 0.15) is 18.2 Å². The molecule has 1 aromatic rings. The summed E-state index contributed by atoms with van der Waals surface area (Å²) < 4.78 is 0. The number of nitrogens with zero attached hydrogens (tertiary/aromatic N) is 1. The lowest BCUT2D eigenvalue weighted by atomic mass is 10.2. The molecule has 4 heteroatoms. The predicted octanol–water partition coefficient (Wildman–Crippen LogP) is 0.219. The summed E-state index contributed by atoms with van der Waals surface area (Å²) in [4.78, 5) is 14.8. The molecule has 0 aromatic carbocycles. The van der Waals surface area contributed by atoms with Gasteiger partial charge in [0.25, 0.3) is 0 Å². The van der Waals surface area contributed by atoms with Crippen LogP contribution in [0.5, 0.6) is 0 Å². The largest absolute Gasteiger partial charge is 0.326 e. The fourth-order valence-electron chi connectivity index (χ4n) is 1.12. The molecule has 0 atom stereocenters. The fourth-order valence-corrected chi connectivity index (χ4v) is 1.12. The van der Waals surface area contributed by atoms with Gasteiger partial charge in [-0.15, -0.1) is 0 Å². The van der Waals surface area contributed by atoms with E-state index in [9.17, 15) is 4.79 Å². The molecule has 1 rings (SSSR count). The number of pyridine rings is 1. The summed E-state index contributed by atoms with van der Waals surface area (Å²) in [5.74, 6) is 0.125. The average Bonchev–Trinajstić information content (AvgIpc) is 2.18. The zero-order chi connectivity index (χ0) is 10.4. The molecule has 1 heterocycles. The number of nitrogens with two attached hydrogens (primary N) is 1. The molecule has 0 aliphatic carbocycles. The number of Topliss-reactive ketones (excluding diaryl/α,β-unsaturated/α-hetero) is 1. The summed E-state index contributed by atoms with van der Waals surface area (Å²) in [6.45, 7) is 3.06. The Morgan fingerprint density at radius 1 is 1.64 bits per heavy atom. The molecule has 0 aliphatic heterocycles. The summed E-state index contributed by atoms with van der Waals surface area (Å²) in [6, 6.07) is 3.82. The number of nitrogens with one attached hydrogen (secondary N) is 1. The van der Waals surface area contributed by atoms with Crippen molar-refractivity contribution >= 4 is 5.78 Å². The Labute approximate surface area is 83.5 Å². The topological polar surface area (TPSA) is 68.0 Å². The second-order valence-electron chi connectivity index (χ2n) is 3.17. The Morgan fingerprint density at radius 2 is 2.43 bits per heavy atom. The third-order valence-electron chi connectivity index (χ3n) is 1.80.